The number of aromatic nitrogens is 1. The molecule has 0 spiro atoms. The van der Waals surface area contributed by atoms with Crippen molar-refractivity contribution in [2.24, 2.45) is 0 Å². The molecule has 21 heavy (non-hydrogen) atoms. The minimum Gasteiger partial charge on any atom is -0.378 e. The summed E-state index contributed by atoms with van der Waals surface area (Å²) < 4.78 is 5.46. The van der Waals surface area contributed by atoms with Gasteiger partial charge >= 0.3 is 6.03 Å². The number of halogens is 1. The number of methoxy groups -OCH3 is 1. The second-order valence-corrected chi connectivity index (χ2v) is 5.42. The highest BCUT2D eigenvalue weighted by Gasteiger charge is 2.34. The maximum Gasteiger partial charge on any atom is 0.315 e. The van der Waals surface area contributed by atoms with Gasteiger partial charge in [0.15, 0.2) is 0 Å². The third kappa shape index (κ3) is 4.30. The normalized spacial score (nSPS) is 22.2. The SMILES string of the molecule is CCNC(=O)N[C@@H]1CN(Cc2ncccc2Cl)C[C@H]1OC. The van der Waals surface area contributed by atoms with Gasteiger partial charge in [0.25, 0.3) is 0 Å². The number of rotatable bonds is 5. The third-order valence-electron chi connectivity index (χ3n) is 3.51. The average Bonchev–Trinajstić information content (AvgIpc) is 2.83. The molecule has 0 aliphatic carbocycles. The van der Waals surface area contributed by atoms with Gasteiger partial charge in [-0.2, -0.15) is 0 Å². The molecule has 1 aliphatic rings. The number of nitrogens with one attached hydrogen (secondary N) is 2. The van der Waals surface area contributed by atoms with Crippen molar-refractivity contribution in [2.45, 2.75) is 25.6 Å². The molecule has 2 amide bonds. The Morgan fingerprint density at radius 2 is 2.38 bits per heavy atom. The molecule has 1 aliphatic heterocycles. The van der Waals surface area contributed by atoms with E-state index in [0.29, 0.717) is 24.7 Å². The van der Waals surface area contributed by atoms with Gasteiger partial charge in [-0.1, -0.05) is 11.6 Å². The van der Waals surface area contributed by atoms with Crippen LogP contribution in [0.4, 0.5) is 4.79 Å². The molecule has 1 aromatic heterocycles. The minimum absolute atomic E-state index is 0.0323. The lowest BCUT2D eigenvalue weighted by atomic mass is 10.2. The molecule has 116 valence electrons. The van der Waals surface area contributed by atoms with Gasteiger partial charge in [-0.25, -0.2) is 4.79 Å². The lowest BCUT2D eigenvalue weighted by Gasteiger charge is -2.18. The summed E-state index contributed by atoms with van der Waals surface area (Å²) in [4.78, 5) is 18.1. The molecule has 1 fully saturated rings. The van der Waals surface area contributed by atoms with Crippen LogP contribution in [0.25, 0.3) is 0 Å². The molecular formula is C14H21ClN4O2. The number of hydrogen-bond donors (Lipinski definition) is 2. The summed E-state index contributed by atoms with van der Waals surface area (Å²) in [5, 5.41) is 6.33. The smallest absolute Gasteiger partial charge is 0.315 e. The lowest BCUT2D eigenvalue weighted by molar-refractivity contribution is 0.0910. The monoisotopic (exact) mass is 312 g/mol. The maximum absolute atomic E-state index is 11.6. The predicted octanol–water partition coefficient (Wildman–Crippen LogP) is 1.25. The summed E-state index contributed by atoms with van der Waals surface area (Å²) in [6.45, 7) is 4.58. The van der Waals surface area contributed by atoms with E-state index in [1.165, 1.54) is 0 Å². The highest BCUT2D eigenvalue weighted by atomic mass is 35.5. The molecule has 2 heterocycles. The molecule has 2 atom stereocenters. The van der Waals surface area contributed by atoms with Crippen molar-refractivity contribution in [2.75, 3.05) is 26.7 Å². The molecule has 0 bridgehead atoms. The highest BCUT2D eigenvalue weighted by Crippen LogP contribution is 2.19. The number of carbonyl (C=O) groups is 1. The van der Waals surface area contributed by atoms with Crippen molar-refractivity contribution in [1.82, 2.24) is 20.5 Å². The number of pyridine rings is 1. The Labute approximate surface area is 129 Å². The van der Waals surface area contributed by atoms with E-state index in [1.54, 1.807) is 13.3 Å². The Morgan fingerprint density at radius 1 is 1.57 bits per heavy atom. The summed E-state index contributed by atoms with van der Waals surface area (Å²) in [5.74, 6) is 0. The van der Waals surface area contributed by atoms with Gasteiger partial charge in [0.05, 0.1) is 22.9 Å². The molecule has 7 heteroatoms. The molecular weight excluding hydrogens is 292 g/mol. The Morgan fingerprint density at radius 3 is 3.05 bits per heavy atom. The zero-order valence-corrected chi connectivity index (χ0v) is 13.1. The quantitative estimate of drug-likeness (QED) is 0.859. The topological polar surface area (TPSA) is 66.5 Å². The van der Waals surface area contributed by atoms with Crippen LogP contribution in [0.3, 0.4) is 0 Å². The Kier molecular flexibility index (Phi) is 5.78. The molecule has 6 nitrogen and oxygen atoms in total. The molecule has 0 unspecified atom stereocenters. The number of amides is 2. The summed E-state index contributed by atoms with van der Waals surface area (Å²) in [5.41, 5.74) is 0.840. The first-order valence-electron chi connectivity index (χ1n) is 7.03. The zero-order valence-electron chi connectivity index (χ0n) is 12.3. The van der Waals surface area contributed by atoms with Gasteiger partial charge in [-0.05, 0) is 19.1 Å². The Balaban J connectivity index is 1.95. The lowest BCUT2D eigenvalue weighted by Crippen LogP contribution is -2.47. The van der Waals surface area contributed by atoms with Gasteiger partial charge in [0, 0.05) is 39.5 Å². The van der Waals surface area contributed by atoms with Crippen molar-refractivity contribution in [3.63, 3.8) is 0 Å². The molecule has 0 saturated carbocycles. The van der Waals surface area contributed by atoms with Crippen LogP contribution in [0.1, 0.15) is 12.6 Å². The molecule has 2 rings (SSSR count). The maximum atomic E-state index is 11.6. The van der Waals surface area contributed by atoms with Crippen LogP contribution in [-0.2, 0) is 11.3 Å². The van der Waals surface area contributed by atoms with Crippen LogP contribution >= 0.6 is 11.6 Å². The predicted molar refractivity (Wildman–Crippen MR) is 81.3 cm³/mol. The molecule has 1 aromatic rings. The fraction of sp³-hybridized carbons (Fsp3) is 0.571. The van der Waals surface area contributed by atoms with E-state index >= 15 is 0 Å². The van der Waals surface area contributed by atoms with Crippen molar-refractivity contribution >= 4 is 17.6 Å². The summed E-state index contributed by atoms with van der Waals surface area (Å²) >= 11 is 6.13. The summed E-state index contributed by atoms with van der Waals surface area (Å²) in [7, 11) is 1.66. The van der Waals surface area contributed by atoms with Crippen molar-refractivity contribution in [3.8, 4) is 0 Å². The van der Waals surface area contributed by atoms with E-state index in [-0.39, 0.29) is 18.2 Å². The van der Waals surface area contributed by atoms with Crippen molar-refractivity contribution in [1.29, 1.82) is 0 Å². The largest absolute Gasteiger partial charge is 0.378 e. The van der Waals surface area contributed by atoms with E-state index in [1.807, 2.05) is 19.1 Å². The molecule has 1 saturated heterocycles. The number of likely N-dealkylation sites (tertiary alicyclic amines) is 1. The fourth-order valence-corrected chi connectivity index (χ4v) is 2.67. The molecule has 2 N–H and O–H groups in total. The van der Waals surface area contributed by atoms with E-state index in [4.69, 9.17) is 16.3 Å². The fourth-order valence-electron chi connectivity index (χ4n) is 2.48. The zero-order chi connectivity index (χ0) is 15.2. The van der Waals surface area contributed by atoms with E-state index in [0.717, 1.165) is 12.2 Å². The van der Waals surface area contributed by atoms with E-state index < -0.39 is 0 Å². The Bertz CT molecular complexity index is 486. The van der Waals surface area contributed by atoms with Crippen LogP contribution in [0, 0.1) is 0 Å². The second-order valence-electron chi connectivity index (χ2n) is 5.01. The van der Waals surface area contributed by atoms with Crippen LogP contribution in [0.15, 0.2) is 18.3 Å². The van der Waals surface area contributed by atoms with Crippen LogP contribution in [0.5, 0.6) is 0 Å². The van der Waals surface area contributed by atoms with Crippen molar-refractivity contribution in [3.05, 3.63) is 29.0 Å². The Hall–Kier alpha value is -1.37. The van der Waals surface area contributed by atoms with Gasteiger partial charge in [-0.15, -0.1) is 0 Å². The first kappa shape index (κ1) is 16.0. The highest BCUT2D eigenvalue weighted by molar-refractivity contribution is 6.31. The van der Waals surface area contributed by atoms with Gasteiger partial charge < -0.3 is 15.4 Å². The van der Waals surface area contributed by atoms with E-state index in [9.17, 15) is 4.79 Å². The van der Waals surface area contributed by atoms with Crippen molar-refractivity contribution < 1.29 is 9.53 Å². The minimum atomic E-state index is -0.165. The van der Waals surface area contributed by atoms with Crippen LogP contribution < -0.4 is 10.6 Å². The summed E-state index contributed by atoms with van der Waals surface area (Å²) in [6.07, 6.45) is 1.70. The molecule has 0 aromatic carbocycles. The average molecular weight is 313 g/mol. The number of carbonyl (C=O) groups excluding carboxylic acids is 1. The van der Waals surface area contributed by atoms with Crippen LogP contribution in [-0.4, -0.2) is 54.8 Å². The van der Waals surface area contributed by atoms with Gasteiger partial charge in [-0.3, -0.25) is 9.88 Å². The standard InChI is InChI=1S/C14H21ClN4O2/c1-3-16-14(20)18-12-8-19(9-13(12)21-2)7-11-10(15)5-4-6-17-11/h4-6,12-13H,3,7-9H2,1-2H3,(H2,16,18,20)/t12-,13-/m1/s1. The van der Waals surface area contributed by atoms with E-state index in [2.05, 4.69) is 20.5 Å². The van der Waals surface area contributed by atoms with Gasteiger partial charge in [0.1, 0.15) is 0 Å². The summed E-state index contributed by atoms with van der Waals surface area (Å²) in [6, 6.07) is 3.44. The second kappa shape index (κ2) is 7.59. The molecule has 0 radical (unpaired) electrons. The first-order valence-corrected chi connectivity index (χ1v) is 7.40. The van der Waals surface area contributed by atoms with Crippen LogP contribution in [0.2, 0.25) is 5.02 Å². The first-order chi connectivity index (χ1) is 10.1. The number of nitrogens with zero attached hydrogens (tertiary/aromatic N) is 2. The number of urea groups is 1. The third-order valence-corrected chi connectivity index (χ3v) is 3.85. The van der Waals surface area contributed by atoms with Gasteiger partial charge in [0.2, 0.25) is 0 Å². The number of ether oxygens (including phenoxy) is 1. The number of hydrogen-bond acceptors (Lipinski definition) is 4.